The lowest BCUT2D eigenvalue weighted by Gasteiger charge is -2.13. The summed E-state index contributed by atoms with van der Waals surface area (Å²) in [6.45, 7) is 9.76. The van der Waals surface area contributed by atoms with Crippen LogP contribution in [0.3, 0.4) is 0 Å². The summed E-state index contributed by atoms with van der Waals surface area (Å²) in [5.74, 6) is -0.142. The van der Waals surface area contributed by atoms with E-state index in [4.69, 9.17) is 0 Å². The average molecular weight is 271 g/mol. The molecule has 0 aliphatic rings. The van der Waals surface area contributed by atoms with Gasteiger partial charge in [0, 0.05) is 12.1 Å². The van der Waals surface area contributed by atoms with Gasteiger partial charge >= 0.3 is 0 Å². The van der Waals surface area contributed by atoms with Gasteiger partial charge in [0.2, 0.25) is 0 Å². The number of rotatable bonds is 4. The fraction of sp³-hybridized carbons (Fsp3) is 0.333. The van der Waals surface area contributed by atoms with Crippen molar-refractivity contribution in [2.75, 3.05) is 6.54 Å². The zero-order valence-electron chi connectivity index (χ0n) is 12.7. The van der Waals surface area contributed by atoms with Crippen molar-refractivity contribution in [3.8, 4) is 11.1 Å². The highest BCUT2D eigenvalue weighted by molar-refractivity contribution is 5.71. The van der Waals surface area contributed by atoms with E-state index < -0.39 is 0 Å². The molecule has 0 bridgehead atoms. The van der Waals surface area contributed by atoms with Crippen LogP contribution in [0.25, 0.3) is 11.1 Å². The largest absolute Gasteiger partial charge is 0.313 e. The van der Waals surface area contributed by atoms with Gasteiger partial charge in [-0.2, -0.15) is 0 Å². The average Bonchev–Trinajstić information content (AvgIpc) is 2.38. The molecule has 0 unspecified atom stereocenters. The molecule has 0 aromatic heterocycles. The van der Waals surface area contributed by atoms with Crippen molar-refractivity contribution in [2.45, 2.75) is 34.2 Å². The van der Waals surface area contributed by atoms with Crippen LogP contribution in [0.4, 0.5) is 4.39 Å². The Kier molecular flexibility index (Phi) is 4.56. The fourth-order valence-corrected chi connectivity index (χ4v) is 2.76. The van der Waals surface area contributed by atoms with Crippen molar-refractivity contribution in [2.24, 2.45) is 0 Å². The van der Waals surface area contributed by atoms with Gasteiger partial charge in [0.1, 0.15) is 5.82 Å². The molecule has 1 nitrogen and oxygen atoms in total. The maximum absolute atomic E-state index is 13.8. The first-order chi connectivity index (χ1) is 9.52. The third-order valence-electron chi connectivity index (χ3n) is 3.58. The van der Waals surface area contributed by atoms with Crippen LogP contribution >= 0.6 is 0 Å². The molecule has 20 heavy (non-hydrogen) atoms. The molecule has 1 N–H and O–H groups in total. The van der Waals surface area contributed by atoms with E-state index in [1.165, 1.54) is 22.3 Å². The van der Waals surface area contributed by atoms with E-state index >= 15 is 0 Å². The fourth-order valence-electron chi connectivity index (χ4n) is 2.76. The molecule has 2 heteroatoms. The highest BCUT2D eigenvalue weighted by atomic mass is 19.1. The molecule has 0 heterocycles. The zero-order chi connectivity index (χ0) is 14.7. The molecular weight excluding hydrogens is 249 g/mol. The molecule has 2 aromatic carbocycles. The number of hydrogen-bond donors (Lipinski definition) is 1. The highest BCUT2D eigenvalue weighted by Gasteiger charge is 2.09. The quantitative estimate of drug-likeness (QED) is 0.861. The summed E-state index contributed by atoms with van der Waals surface area (Å²) in [5, 5.41) is 3.18. The lowest BCUT2D eigenvalue weighted by Crippen LogP contribution is -2.13. The summed E-state index contributed by atoms with van der Waals surface area (Å²) in [6, 6.07) is 9.75. The highest BCUT2D eigenvalue weighted by Crippen LogP contribution is 2.29. The molecule has 0 atom stereocenters. The van der Waals surface area contributed by atoms with E-state index in [0.717, 1.165) is 17.7 Å². The first kappa shape index (κ1) is 14.7. The van der Waals surface area contributed by atoms with Crippen molar-refractivity contribution in [1.29, 1.82) is 0 Å². The van der Waals surface area contributed by atoms with Gasteiger partial charge in [-0.3, -0.25) is 0 Å². The molecule has 2 aromatic rings. The Bertz CT molecular complexity index is 594. The molecular formula is C18H22FN. The monoisotopic (exact) mass is 271 g/mol. The summed E-state index contributed by atoms with van der Waals surface area (Å²) in [5.41, 5.74) is 6.78. The third kappa shape index (κ3) is 3.07. The molecule has 0 saturated carbocycles. The maximum Gasteiger partial charge on any atom is 0.127 e. The van der Waals surface area contributed by atoms with Crippen LogP contribution < -0.4 is 5.32 Å². The van der Waals surface area contributed by atoms with Gasteiger partial charge < -0.3 is 5.32 Å². The SMILES string of the molecule is CCNCc1cc(-c2c(C)cc(C)cc2C)ccc1F. The van der Waals surface area contributed by atoms with E-state index in [0.29, 0.717) is 6.54 Å². The predicted molar refractivity (Wildman–Crippen MR) is 83.4 cm³/mol. The van der Waals surface area contributed by atoms with E-state index in [-0.39, 0.29) is 5.82 Å². The number of benzene rings is 2. The normalized spacial score (nSPS) is 10.8. The van der Waals surface area contributed by atoms with Gasteiger partial charge in [-0.05, 0) is 61.7 Å². The van der Waals surface area contributed by atoms with Crippen molar-refractivity contribution < 1.29 is 4.39 Å². The van der Waals surface area contributed by atoms with Crippen LogP contribution in [-0.2, 0) is 6.54 Å². The van der Waals surface area contributed by atoms with Crippen LogP contribution in [0, 0.1) is 26.6 Å². The van der Waals surface area contributed by atoms with Gasteiger partial charge in [0.15, 0.2) is 0 Å². The maximum atomic E-state index is 13.8. The summed E-state index contributed by atoms with van der Waals surface area (Å²) < 4.78 is 13.8. The summed E-state index contributed by atoms with van der Waals surface area (Å²) in [6.07, 6.45) is 0. The van der Waals surface area contributed by atoms with Crippen LogP contribution in [-0.4, -0.2) is 6.54 Å². The first-order valence-corrected chi connectivity index (χ1v) is 7.10. The molecule has 0 saturated heterocycles. The summed E-state index contributed by atoms with van der Waals surface area (Å²) in [7, 11) is 0. The Balaban J connectivity index is 2.48. The second-order valence-electron chi connectivity index (χ2n) is 5.36. The number of hydrogen-bond acceptors (Lipinski definition) is 1. The molecule has 0 aliphatic heterocycles. The first-order valence-electron chi connectivity index (χ1n) is 7.10. The minimum absolute atomic E-state index is 0.142. The van der Waals surface area contributed by atoms with Gasteiger partial charge in [0.05, 0.1) is 0 Å². The number of halogens is 1. The molecule has 0 aliphatic carbocycles. The van der Waals surface area contributed by atoms with Gasteiger partial charge in [0.25, 0.3) is 0 Å². The molecule has 0 spiro atoms. The smallest absolute Gasteiger partial charge is 0.127 e. The Morgan fingerprint density at radius 3 is 2.25 bits per heavy atom. The topological polar surface area (TPSA) is 12.0 Å². The second-order valence-corrected chi connectivity index (χ2v) is 5.36. The van der Waals surface area contributed by atoms with E-state index in [2.05, 4.69) is 38.2 Å². The second kappa shape index (κ2) is 6.19. The van der Waals surface area contributed by atoms with Gasteiger partial charge in [-0.15, -0.1) is 0 Å². The lowest BCUT2D eigenvalue weighted by atomic mass is 9.93. The van der Waals surface area contributed by atoms with Crippen molar-refractivity contribution >= 4 is 0 Å². The summed E-state index contributed by atoms with van der Waals surface area (Å²) in [4.78, 5) is 0. The number of aryl methyl sites for hydroxylation is 3. The Hall–Kier alpha value is -1.67. The zero-order valence-corrected chi connectivity index (χ0v) is 12.7. The van der Waals surface area contributed by atoms with Crippen LogP contribution in [0.1, 0.15) is 29.2 Å². The van der Waals surface area contributed by atoms with Crippen molar-refractivity contribution in [3.05, 3.63) is 58.4 Å². The standard InChI is InChI=1S/C18H22FN/c1-5-20-11-16-10-15(6-7-17(16)19)18-13(3)8-12(2)9-14(18)4/h6-10,20H,5,11H2,1-4H3. The van der Waals surface area contributed by atoms with Gasteiger partial charge in [-0.1, -0.05) is 30.7 Å². The third-order valence-corrected chi connectivity index (χ3v) is 3.58. The van der Waals surface area contributed by atoms with Crippen LogP contribution in [0.5, 0.6) is 0 Å². The Morgan fingerprint density at radius 1 is 1.00 bits per heavy atom. The van der Waals surface area contributed by atoms with E-state index in [9.17, 15) is 4.39 Å². The molecule has 2 rings (SSSR count). The van der Waals surface area contributed by atoms with Gasteiger partial charge in [-0.25, -0.2) is 4.39 Å². The van der Waals surface area contributed by atoms with Crippen molar-refractivity contribution in [3.63, 3.8) is 0 Å². The molecule has 0 fully saturated rings. The predicted octanol–water partition coefficient (Wildman–Crippen LogP) is 4.53. The molecule has 106 valence electrons. The van der Waals surface area contributed by atoms with E-state index in [1.54, 1.807) is 6.07 Å². The minimum Gasteiger partial charge on any atom is -0.313 e. The Labute approximate surface area is 120 Å². The minimum atomic E-state index is -0.142. The molecule has 0 amide bonds. The number of nitrogens with one attached hydrogen (secondary N) is 1. The van der Waals surface area contributed by atoms with Crippen molar-refractivity contribution in [1.82, 2.24) is 5.32 Å². The summed E-state index contributed by atoms with van der Waals surface area (Å²) >= 11 is 0. The lowest BCUT2D eigenvalue weighted by molar-refractivity contribution is 0.593. The van der Waals surface area contributed by atoms with Crippen LogP contribution in [0.15, 0.2) is 30.3 Å². The van der Waals surface area contributed by atoms with E-state index in [1.807, 2.05) is 19.1 Å². The Morgan fingerprint density at radius 2 is 1.65 bits per heavy atom. The molecule has 0 radical (unpaired) electrons. The van der Waals surface area contributed by atoms with Crippen LogP contribution in [0.2, 0.25) is 0 Å².